The average Bonchev–Trinajstić information content (AvgIpc) is 3.26. The lowest BCUT2D eigenvalue weighted by molar-refractivity contribution is -0.130. The van der Waals surface area contributed by atoms with Gasteiger partial charge < -0.3 is 9.64 Å². The van der Waals surface area contributed by atoms with Crippen molar-refractivity contribution >= 4 is 37.5 Å². The predicted molar refractivity (Wildman–Crippen MR) is 121 cm³/mol. The summed E-state index contributed by atoms with van der Waals surface area (Å²) in [5.74, 6) is 0.325. The van der Waals surface area contributed by atoms with Crippen LogP contribution >= 0.6 is 15.9 Å². The van der Waals surface area contributed by atoms with Crippen molar-refractivity contribution in [3.63, 3.8) is 0 Å². The molecular formula is C22H27BrN2O4S. The molecule has 8 heteroatoms. The topological polar surface area (TPSA) is 66.9 Å². The molecule has 0 unspecified atom stereocenters. The lowest BCUT2D eigenvalue weighted by atomic mass is 10.2. The largest absolute Gasteiger partial charge is 0.496 e. The zero-order valence-electron chi connectivity index (χ0n) is 17.5. The number of amides is 1. The van der Waals surface area contributed by atoms with Gasteiger partial charge in [0.1, 0.15) is 12.3 Å². The van der Waals surface area contributed by atoms with Gasteiger partial charge in [-0.1, -0.05) is 30.5 Å². The number of hydrogen-bond donors (Lipinski definition) is 0. The Labute approximate surface area is 187 Å². The first-order chi connectivity index (χ1) is 14.2. The number of carbonyl (C=O) groups excluding carboxylic acids is 1. The third-order valence-corrected chi connectivity index (χ3v) is 7.97. The minimum absolute atomic E-state index is 0.0899. The number of sulfonamides is 1. The van der Waals surface area contributed by atoms with Gasteiger partial charge in [0.25, 0.3) is 10.0 Å². The summed E-state index contributed by atoms with van der Waals surface area (Å²) in [4.78, 5) is 14.8. The van der Waals surface area contributed by atoms with E-state index in [4.69, 9.17) is 4.74 Å². The number of aryl methyl sites for hydroxylation is 1. The number of benzene rings is 2. The van der Waals surface area contributed by atoms with E-state index in [1.54, 1.807) is 30.1 Å². The molecule has 1 aliphatic carbocycles. The third-order valence-electron chi connectivity index (χ3n) is 5.58. The highest BCUT2D eigenvalue weighted by molar-refractivity contribution is 9.10. The molecule has 0 heterocycles. The van der Waals surface area contributed by atoms with Crippen molar-refractivity contribution in [1.29, 1.82) is 0 Å². The van der Waals surface area contributed by atoms with E-state index in [0.29, 0.717) is 15.9 Å². The molecule has 2 aromatic carbocycles. The van der Waals surface area contributed by atoms with E-state index in [2.05, 4.69) is 15.9 Å². The van der Waals surface area contributed by atoms with Crippen molar-refractivity contribution in [2.45, 2.75) is 43.5 Å². The molecule has 2 aromatic rings. The lowest BCUT2D eigenvalue weighted by Gasteiger charge is -2.29. The summed E-state index contributed by atoms with van der Waals surface area (Å²) in [6.45, 7) is 1.68. The zero-order valence-corrected chi connectivity index (χ0v) is 19.9. The molecule has 0 N–H and O–H groups in total. The molecule has 162 valence electrons. The molecule has 0 bridgehead atoms. The number of nitrogens with zero attached hydrogens (tertiary/aromatic N) is 2. The van der Waals surface area contributed by atoms with E-state index in [9.17, 15) is 13.2 Å². The highest BCUT2D eigenvalue weighted by Crippen LogP contribution is 2.31. The first-order valence-electron chi connectivity index (χ1n) is 9.92. The van der Waals surface area contributed by atoms with Crippen molar-refractivity contribution in [3.05, 3.63) is 52.5 Å². The highest BCUT2D eigenvalue weighted by atomic mass is 79.9. The normalized spacial score (nSPS) is 14.5. The van der Waals surface area contributed by atoms with E-state index in [1.165, 1.54) is 23.5 Å². The molecule has 0 radical (unpaired) electrons. The zero-order chi connectivity index (χ0) is 21.9. The maximum absolute atomic E-state index is 13.5. The van der Waals surface area contributed by atoms with Gasteiger partial charge in [-0.25, -0.2) is 8.42 Å². The maximum Gasteiger partial charge on any atom is 0.264 e. The second kappa shape index (κ2) is 9.39. The Morgan fingerprint density at radius 1 is 1.13 bits per heavy atom. The predicted octanol–water partition coefficient (Wildman–Crippen LogP) is 4.36. The minimum Gasteiger partial charge on any atom is -0.496 e. The number of hydrogen-bond acceptors (Lipinski definition) is 4. The fraction of sp³-hybridized carbons (Fsp3) is 0.409. The fourth-order valence-electron chi connectivity index (χ4n) is 3.69. The molecule has 0 aromatic heterocycles. The van der Waals surface area contributed by atoms with E-state index < -0.39 is 10.0 Å². The summed E-state index contributed by atoms with van der Waals surface area (Å²) in [7, 11) is -0.682. The van der Waals surface area contributed by atoms with Crippen LogP contribution in [0.4, 0.5) is 5.69 Å². The first kappa shape index (κ1) is 22.6. The Morgan fingerprint density at radius 3 is 2.33 bits per heavy atom. The summed E-state index contributed by atoms with van der Waals surface area (Å²) in [5, 5.41) is 0. The minimum atomic E-state index is -3.97. The number of methoxy groups -OCH3 is 1. The van der Waals surface area contributed by atoms with Crippen LogP contribution in [0.15, 0.2) is 51.8 Å². The number of ether oxygens (including phenoxy) is 1. The Bertz CT molecular complexity index is 1000. The van der Waals surface area contributed by atoms with Crippen LogP contribution in [-0.2, 0) is 14.8 Å². The third kappa shape index (κ3) is 4.81. The Hall–Kier alpha value is -2.06. The molecule has 1 amide bonds. The van der Waals surface area contributed by atoms with Crippen LogP contribution < -0.4 is 9.04 Å². The molecule has 0 saturated heterocycles. The van der Waals surface area contributed by atoms with Gasteiger partial charge in [-0.2, -0.15) is 0 Å². The van der Waals surface area contributed by atoms with Gasteiger partial charge in [-0.05, 0) is 66.0 Å². The average molecular weight is 495 g/mol. The van der Waals surface area contributed by atoms with Crippen molar-refractivity contribution in [3.8, 4) is 5.75 Å². The van der Waals surface area contributed by atoms with Gasteiger partial charge in [0.15, 0.2) is 0 Å². The summed E-state index contributed by atoms with van der Waals surface area (Å²) in [5.41, 5.74) is 1.47. The van der Waals surface area contributed by atoms with Crippen molar-refractivity contribution in [1.82, 2.24) is 4.90 Å². The molecular weight excluding hydrogens is 468 g/mol. The Morgan fingerprint density at radius 2 is 1.77 bits per heavy atom. The summed E-state index contributed by atoms with van der Waals surface area (Å²) >= 11 is 3.35. The van der Waals surface area contributed by atoms with Crippen LogP contribution in [0.2, 0.25) is 0 Å². The second-order valence-corrected chi connectivity index (χ2v) is 10.3. The smallest absolute Gasteiger partial charge is 0.264 e. The molecule has 0 aliphatic heterocycles. The van der Waals surface area contributed by atoms with Crippen LogP contribution in [0, 0.1) is 6.92 Å². The first-order valence-corrected chi connectivity index (χ1v) is 12.2. The van der Waals surface area contributed by atoms with Gasteiger partial charge in [0, 0.05) is 13.1 Å². The molecule has 1 aliphatic rings. The molecule has 30 heavy (non-hydrogen) atoms. The summed E-state index contributed by atoms with van der Waals surface area (Å²) < 4.78 is 34.0. The van der Waals surface area contributed by atoms with Gasteiger partial charge >= 0.3 is 0 Å². The van der Waals surface area contributed by atoms with E-state index >= 15 is 0 Å². The maximum atomic E-state index is 13.5. The molecule has 0 atom stereocenters. The Balaban J connectivity index is 1.97. The number of rotatable bonds is 7. The van der Waals surface area contributed by atoms with Crippen LogP contribution in [0.3, 0.4) is 0 Å². The van der Waals surface area contributed by atoms with Crippen LogP contribution in [-0.4, -0.2) is 46.0 Å². The van der Waals surface area contributed by atoms with Crippen LogP contribution in [0.25, 0.3) is 0 Å². The highest BCUT2D eigenvalue weighted by Gasteiger charge is 2.31. The van der Waals surface area contributed by atoms with Gasteiger partial charge in [-0.3, -0.25) is 9.10 Å². The molecule has 1 fully saturated rings. The molecule has 1 saturated carbocycles. The SMILES string of the molecule is COc1ccc(S(=O)(=O)N(CC(=O)N(C)C2CCCC2)c2ccc(C)cc2)cc1Br. The molecule has 0 spiro atoms. The van der Waals surface area contributed by atoms with Crippen LogP contribution in [0.1, 0.15) is 31.2 Å². The van der Waals surface area contributed by atoms with Gasteiger partial charge in [0.2, 0.25) is 5.91 Å². The van der Waals surface area contributed by atoms with Gasteiger partial charge in [0.05, 0.1) is 22.2 Å². The van der Waals surface area contributed by atoms with E-state index in [0.717, 1.165) is 31.2 Å². The summed E-state index contributed by atoms with van der Waals surface area (Å²) in [6, 6.07) is 11.9. The van der Waals surface area contributed by atoms with E-state index in [-0.39, 0.29) is 23.4 Å². The standard InChI is InChI=1S/C22H27BrN2O4S/c1-16-8-10-18(11-9-16)25(15-22(26)24(2)17-6-4-5-7-17)30(27,28)19-12-13-21(29-3)20(23)14-19/h8-14,17H,4-7,15H2,1-3H3. The van der Waals surface area contributed by atoms with Gasteiger partial charge in [-0.15, -0.1) is 0 Å². The number of anilines is 1. The number of carbonyl (C=O) groups is 1. The monoisotopic (exact) mass is 494 g/mol. The number of likely N-dealkylation sites (N-methyl/N-ethyl adjacent to an activating group) is 1. The molecule has 3 rings (SSSR count). The summed E-state index contributed by atoms with van der Waals surface area (Å²) in [6.07, 6.45) is 4.13. The number of halogens is 1. The lowest BCUT2D eigenvalue weighted by Crippen LogP contribution is -2.44. The van der Waals surface area contributed by atoms with E-state index in [1.807, 2.05) is 19.1 Å². The molecule has 6 nitrogen and oxygen atoms in total. The van der Waals surface area contributed by atoms with Crippen molar-refractivity contribution < 1.29 is 17.9 Å². The van der Waals surface area contributed by atoms with Crippen LogP contribution in [0.5, 0.6) is 5.75 Å². The van der Waals surface area contributed by atoms with Crippen molar-refractivity contribution in [2.75, 3.05) is 25.0 Å². The quantitative estimate of drug-likeness (QED) is 0.573. The Kier molecular flexibility index (Phi) is 7.08. The fourth-order valence-corrected chi connectivity index (χ4v) is 5.82. The van der Waals surface area contributed by atoms with Crippen molar-refractivity contribution in [2.24, 2.45) is 0 Å². The second-order valence-electron chi connectivity index (χ2n) is 7.59.